The Morgan fingerprint density at radius 3 is 2.65 bits per heavy atom. The lowest BCUT2D eigenvalue weighted by Gasteiger charge is -2.10. The summed E-state index contributed by atoms with van der Waals surface area (Å²) in [7, 11) is 0. The van der Waals surface area contributed by atoms with Crippen LogP contribution in [-0.4, -0.2) is 14.9 Å². The van der Waals surface area contributed by atoms with Crippen LogP contribution in [0, 0.1) is 15.9 Å². The molecule has 1 N–H and O–H groups in total. The Hall–Kier alpha value is -1.51. The molecule has 0 bridgehead atoms. The summed E-state index contributed by atoms with van der Waals surface area (Å²) in [4.78, 5) is 17.5. The first-order chi connectivity index (χ1) is 9.40. The molecule has 0 aliphatic rings. The smallest absolute Gasteiger partial charge is 0.332 e. The second kappa shape index (κ2) is 5.86. The lowest BCUT2D eigenvalue weighted by Crippen LogP contribution is -2.02. The summed E-state index contributed by atoms with van der Waals surface area (Å²) in [6.07, 6.45) is 1.06. The maximum Gasteiger partial charge on any atom is 0.348 e. The highest BCUT2D eigenvalue weighted by molar-refractivity contribution is 9.10. The summed E-state index contributed by atoms with van der Waals surface area (Å²) in [5, 5.41) is 13.3. The number of aromatic nitrogens is 2. The summed E-state index contributed by atoms with van der Waals surface area (Å²) in [5.41, 5.74) is -0.271. The van der Waals surface area contributed by atoms with Crippen LogP contribution >= 0.6 is 39.1 Å². The van der Waals surface area contributed by atoms with Crippen molar-refractivity contribution in [2.24, 2.45) is 0 Å². The standard InChI is InChI=1S/C10H4BrCl2FN4O2/c11-5-1-4(14)2-6(12)7(5)17-10-8(18(19)20)9(13)15-3-16-10/h1-3H,(H,15,16,17). The predicted octanol–water partition coefficient (Wildman–Crippen LogP) is 4.34. The van der Waals surface area contributed by atoms with Gasteiger partial charge in [0.2, 0.25) is 11.0 Å². The zero-order valence-electron chi connectivity index (χ0n) is 9.40. The SMILES string of the molecule is O=[N+]([O-])c1c(Cl)ncnc1Nc1c(Cl)cc(F)cc1Br. The maximum absolute atomic E-state index is 13.1. The molecule has 1 heterocycles. The molecule has 0 saturated carbocycles. The zero-order chi connectivity index (χ0) is 14.9. The zero-order valence-corrected chi connectivity index (χ0v) is 12.5. The van der Waals surface area contributed by atoms with E-state index in [9.17, 15) is 14.5 Å². The number of hydrogen-bond donors (Lipinski definition) is 1. The molecular weight excluding hydrogens is 378 g/mol. The number of nitrogens with one attached hydrogen (secondary N) is 1. The van der Waals surface area contributed by atoms with Crippen molar-refractivity contribution in [1.29, 1.82) is 0 Å². The van der Waals surface area contributed by atoms with E-state index in [4.69, 9.17) is 23.2 Å². The third kappa shape index (κ3) is 2.97. The summed E-state index contributed by atoms with van der Waals surface area (Å²) in [6.45, 7) is 0. The summed E-state index contributed by atoms with van der Waals surface area (Å²) in [6, 6.07) is 2.21. The summed E-state index contributed by atoms with van der Waals surface area (Å²) >= 11 is 14.6. The lowest BCUT2D eigenvalue weighted by molar-refractivity contribution is -0.384. The highest BCUT2D eigenvalue weighted by Crippen LogP contribution is 2.37. The molecule has 10 heteroatoms. The van der Waals surface area contributed by atoms with Crippen molar-refractivity contribution in [2.45, 2.75) is 0 Å². The van der Waals surface area contributed by atoms with Crippen molar-refractivity contribution in [3.8, 4) is 0 Å². The van der Waals surface area contributed by atoms with Crippen LogP contribution in [0.2, 0.25) is 10.2 Å². The molecule has 0 aliphatic heterocycles. The number of nitrogens with zero attached hydrogens (tertiary/aromatic N) is 3. The molecule has 2 rings (SSSR count). The van der Waals surface area contributed by atoms with Gasteiger partial charge in [0.05, 0.1) is 15.6 Å². The highest BCUT2D eigenvalue weighted by atomic mass is 79.9. The molecule has 0 unspecified atom stereocenters. The van der Waals surface area contributed by atoms with E-state index in [-0.39, 0.29) is 26.2 Å². The summed E-state index contributed by atoms with van der Waals surface area (Å²) < 4.78 is 13.4. The van der Waals surface area contributed by atoms with E-state index < -0.39 is 16.4 Å². The predicted molar refractivity (Wildman–Crippen MR) is 76.1 cm³/mol. The van der Waals surface area contributed by atoms with Crippen molar-refractivity contribution < 1.29 is 9.31 Å². The number of nitro groups is 1. The molecule has 2 aromatic rings. The van der Waals surface area contributed by atoms with Gasteiger partial charge in [-0.2, -0.15) is 0 Å². The first-order valence-electron chi connectivity index (χ1n) is 4.96. The van der Waals surface area contributed by atoms with Crippen molar-refractivity contribution in [2.75, 3.05) is 5.32 Å². The van der Waals surface area contributed by atoms with Gasteiger partial charge >= 0.3 is 5.69 Å². The van der Waals surface area contributed by atoms with Gasteiger partial charge in [0.25, 0.3) is 0 Å². The minimum Gasteiger partial charge on any atom is -0.332 e. The molecule has 0 fully saturated rings. The third-order valence-electron chi connectivity index (χ3n) is 2.21. The fourth-order valence-electron chi connectivity index (χ4n) is 1.39. The quantitative estimate of drug-likeness (QED) is 0.486. The molecule has 0 spiro atoms. The van der Waals surface area contributed by atoms with Gasteiger partial charge < -0.3 is 5.32 Å². The van der Waals surface area contributed by atoms with Crippen LogP contribution in [0.15, 0.2) is 22.9 Å². The lowest BCUT2D eigenvalue weighted by atomic mass is 10.3. The second-order valence-electron chi connectivity index (χ2n) is 3.49. The van der Waals surface area contributed by atoms with Crippen molar-refractivity contribution in [3.05, 3.63) is 49.0 Å². The minimum atomic E-state index is -0.726. The molecule has 0 aliphatic carbocycles. The molecule has 0 amide bonds. The average molecular weight is 382 g/mol. The van der Waals surface area contributed by atoms with E-state index in [0.29, 0.717) is 0 Å². The van der Waals surface area contributed by atoms with E-state index in [1.165, 1.54) is 0 Å². The molecule has 20 heavy (non-hydrogen) atoms. The van der Waals surface area contributed by atoms with E-state index in [1.807, 2.05) is 0 Å². The molecule has 1 aromatic heterocycles. The molecule has 0 radical (unpaired) electrons. The van der Waals surface area contributed by atoms with Crippen molar-refractivity contribution >= 4 is 56.3 Å². The van der Waals surface area contributed by atoms with Crippen LogP contribution in [0.5, 0.6) is 0 Å². The van der Waals surface area contributed by atoms with Crippen LogP contribution < -0.4 is 5.32 Å². The number of benzene rings is 1. The van der Waals surface area contributed by atoms with Gasteiger partial charge in [0.15, 0.2) is 0 Å². The van der Waals surface area contributed by atoms with Gasteiger partial charge in [-0.15, -0.1) is 0 Å². The molecule has 0 saturated heterocycles. The Labute approximate surface area is 130 Å². The van der Waals surface area contributed by atoms with Gasteiger partial charge in [-0.25, -0.2) is 14.4 Å². The molecule has 6 nitrogen and oxygen atoms in total. The number of halogens is 4. The maximum atomic E-state index is 13.1. The first-order valence-corrected chi connectivity index (χ1v) is 6.51. The summed E-state index contributed by atoms with van der Waals surface area (Å²) in [5.74, 6) is -0.702. The second-order valence-corrected chi connectivity index (χ2v) is 5.11. The number of rotatable bonds is 3. The van der Waals surface area contributed by atoms with Gasteiger partial charge in [-0.05, 0) is 28.1 Å². The van der Waals surface area contributed by atoms with Crippen molar-refractivity contribution in [3.63, 3.8) is 0 Å². The van der Waals surface area contributed by atoms with Gasteiger partial charge in [-0.1, -0.05) is 23.2 Å². The average Bonchev–Trinajstić information content (AvgIpc) is 2.33. The molecular formula is C10H4BrCl2FN4O2. The monoisotopic (exact) mass is 380 g/mol. The van der Waals surface area contributed by atoms with Gasteiger partial charge in [-0.3, -0.25) is 10.1 Å². The number of hydrogen-bond acceptors (Lipinski definition) is 5. The molecule has 1 aromatic carbocycles. The fourth-order valence-corrected chi connectivity index (χ4v) is 2.49. The van der Waals surface area contributed by atoms with Crippen LogP contribution in [0.4, 0.5) is 21.6 Å². The van der Waals surface area contributed by atoms with Gasteiger partial charge in [0.1, 0.15) is 12.1 Å². The Morgan fingerprint density at radius 2 is 2.05 bits per heavy atom. The largest absolute Gasteiger partial charge is 0.348 e. The molecule has 0 atom stereocenters. The minimum absolute atomic E-state index is 0.0286. The number of anilines is 2. The fraction of sp³-hybridized carbons (Fsp3) is 0. The third-order valence-corrected chi connectivity index (χ3v) is 3.41. The van der Waals surface area contributed by atoms with Crippen LogP contribution in [0.25, 0.3) is 0 Å². The Kier molecular flexibility index (Phi) is 4.36. The first kappa shape index (κ1) is 14.9. The van der Waals surface area contributed by atoms with Crippen LogP contribution in [0.1, 0.15) is 0 Å². The highest BCUT2D eigenvalue weighted by Gasteiger charge is 2.23. The normalized spacial score (nSPS) is 10.4. The van der Waals surface area contributed by atoms with Crippen molar-refractivity contribution in [1.82, 2.24) is 9.97 Å². The van der Waals surface area contributed by atoms with E-state index >= 15 is 0 Å². The Bertz CT molecular complexity index is 678. The van der Waals surface area contributed by atoms with E-state index in [0.717, 1.165) is 18.5 Å². The van der Waals surface area contributed by atoms with Gasteiger partial charge in [0, 0.05) is 4.47 Å². The Morgan fingerprint density at radius 1 is 1.35 bits per heavy atom. The van der Waals surface area contributed by atoms with E-state index in [2.05, 4.69) is 31.2 Å². The topological polar surface area (TPSA) is 81.0 Å². The Balaban J connectivity index is 2.51. The van der Waals surface area contributed by atoms with E-state index in [1.54, 1.807) is 0 Å². The van der Waals surface area contributed by atoms with Crippen LogP contribution in [-0.2, 0) is 0 Å². The molecule has 104 valence electrons. The van der Waals surface area contributed by atoms with Crippen LogP contribution in [0.3, 0.4) is 0 Å².